The minimum atomic E-state index is -0.626. The molecule has 0 saturated heterocycles. The number of nitrogens with zero attached hydrogens (tertiary/aromatic N) is 1. The van der Waals surface area contributed by atoms with Gasteiger partial charge in [0.25, 0.3) is 0 Å². The van der Waals surface area contributed by atoms with E-state index in [9.17, 15) is 10.2 Å². The van der Waals surface area contributed by atoms with E-state index in [0.29, 0.717) is 17.5 Å². The highest BCUT2D eigenvalue weighted by Gasteiger charge is 2.29. The fourth-order valence-electron chi connectivity index (χ4n) is 2.37. The van der Waals surface area contributed by atoms with Gasteiger partial charge in [0.2, 0.25) is 0 Å². The Labute approximate surface area is 115 Å². The third-order valence-electron chi connectivity index (χ3n) is 3.73. The Bertz CT molecular complexity index is 425. The maximum atomic E-state index is 10.0. The highest BCUT2D eigenvalue weighted by Crippen LogP contribution is 2.35. The smallest absolute Gasteiger partial charge is 0.123 e. The van der Waals surface area contributed by atoms with Gasteiger partial charge in [-0.2, -0.15) is 0 Å². The second-order valence-electron chi connectivity index (χ2n) is 6.03. The molecule has 1 saturated carbocycles. The summed E-state index contributed by atoms with van der Waals surface area (Å²) in [5.41, 5.74) is 1.67. The zero-order valence-corrected chi connectivity index (χ0v) is 12.1. The van der Waals surface area contributed by atoms with E-state index in [2.05, 4.69) is 18.7 Å². The third kappa shape index (κ3) is 3.63. The van der Waals surface area contributed by atoms with Crippen LogP contribution in [0.2, 0.25) is 0 Å². The molecule has 2 rings (SSSR count). The Balaban J connectivity index is 2.15. The van der Waals surface area contributed by atoms with Crippen molar-refractivity contribution in [2.75, 3.05) is 11.4 Å². The molecule has 1 aliphatic rings. The molecule has 1 unspecified atom stereocenters. The van der Waals surface area contributed by atoms with Gasteiger partial charge in [-0.05, 0) is 38.2 Å². The number of hydrogen-bond acceptors (Lipinski definition) is 3. The monoisotopic (exact) mass is 263 g/mol. The molecule has 1 aromatic carbocycles. The second kappa shape index (κ2) is 5.83. The van der Waals surface area contributed by atoms with Crippen LogP contribution in [0.1, 0.15) is 51.7 Å². The minimum Gasteiger partial charge on any atom is -0.507 e. The Morgan fingerprint density at radius 1 is 1.26 bits per heavy atom. The molecule has 0 aromatic heterocycles. The summed E-state index contributed by atoms with van der Waals surface area (Å²) in [7, 11) is 0. The molecule has 0 spiro atoms. The van der Waals surface area contributed by atoms with Crippen molar-refractivity contribution in [3.05, 3.63) is 23.8 Å². The van der Waals surface area contributed by atoms with Crippen LogP contribution in [0, 0.1) is 5.92 Å². The average Bonchev–Trinajstić information content (AvgIpc) is 3.13. The van der Waals surface area contributed by atoms with Gasteiger partial charge >= 0.3 is 0 Å². The van der Waals surface area contributed by atoms with E-state index in [-0.39, 0.29) is 5.75 Å². The van der Waals surface area contributed by atoms with E-state index in [1.54, 1.807) is 13.0 Å². The van der Waals surface area contributed by atoms with Crippen LogP contribution < -0.4 is 4.90 Å². The van der Waals surface area contributed by atoms with E-state index in [1.807, 2.05) is 12.1 Å². The Hall–Kier alpha value is -1.22. The van der Waals surface area contributed by atoms with Crippen molar-refractivity contribution >= 4 is 5.69 Å². The summed E-state index contributed by atoms with van der Waals surface area (Å²) in [6, 6.07) is 6.27. The number of rotatable bonds is 6. The SMILES string of the molecule is CC(C)CCN(c1ccc(C(C)O)c(O)c1)C1CC1. The van der Waals surface area contributed by atoms with Crippen LogP contribution in [-0.4, -0.2) is 22.8 Å². The summed E-state index contributed by atoms with van der Waals surface area (Å²) < 4.78 is 0. The van der Waals surface area contributed by atoms with Gasteiger partial charge in [-0.15, -0.1) is 0 Å². The van der Waals surface area contributed by atoms with E-state index in [4.69, 9.17) is 0 Å². The molecule has 0 aliphatic heterocycles. The summed E-state index contributed by atoms with van der Waals surface area (Å²) >= 11 is 0. The topological polar surface area (TPSA) is 43.7 Å². The van der Waals surface area contributed by atoms with Crippen LogP contribution in [0.5, 0.6) is 5.75 Å². The highest BCUT2D eigenvalue weighted by atomic mass is 16.3. The van der Waals surface area contributed by atoms with E-state index in [0.717, 1.165) is 18.7 Å². The quantitative estimate of drug-likeness (QED) is 0.826. The van der Waals surface area contributed by atoms with Crippen molar-refractivity contribution in [2.45, 2.75) is 52.2 Å². The van der Waals surface area contributed by atoms with Gasteiger partial charge in [0, 0.05) is 29.9 Å². The lowest BCUT2D eigenvalue weighted by Gasteiger charge is -2.26. The summed E-state index contributed by atoms with van der Waals surface area (Å²) in [6.07, 6.45) is 3.03. The van der Waals surface area contributed by atoms with Crippen molar-refractivity contribution in [3.63, 3.8) is 0 Å². The van der Waals surface area contributed by atoms with E-state index >= 15 is 0 Å². The number of aliphatic hydroxyl groups excluding tert-OH is 1. The van der Waals surface area contributed by atoms with Crippen molar-refractivity contribution in [2.24, 2.45) is 5.92 Å². The molecular weight excluding hydrogens is 238 g/mol. The van der Waals surface area contributed by atoms with Crippen molar-refractivity contribution < 1.29 is 10.2 Å². The normalized spacial score (nSPS) is 16.7. The van der Waals surface area contributed by atoms with E-state index in [1.165, 1.54) is 12.8 Å². The standard InChI is InChI=1S/C16H25NO2/c1-11(2)8-9-17(13-4-5-13)14-6-7-15(12(3)18)16(19)10-14/h6-7,10-13,18-19H,4-5,8-9H2,1-3H3. The summed E-state index contributed by atoms with van der Waals surface area (Å²) in [5.74, 6) is 0.884. The number of phenolic OH excluding ortho intramolecular Hbond substituents is 1. The zero-order chi connectivity index (χ0) is 14.0. The van der Waals surface area contributed by atoms with Gasteiger partial charge in [0.1, 0.15) is 5.75 Å². The molecule has 3 nitrogen and oxygen atoms in total. The maximum Gasteiger partial charge on any atom is 0.123 e. The molecule has 3 heteroatoms. The van der Waals surface area contributed by atoms with Crippen LogP contribution in [0.15, 0.2) is 18.2 Å². The maximum absolute atomic E-state index is 10.0. The number of anilines is 1. The van der Waals surface area contributed by atoms with Gasteiger partial charge in [0.15, 0.2) is 0 Å². The van der Waals surface area contributed by atoms with Crippen LogP contribution in [0.25, 0.3) is 0 Å². The van der Waals surface area contributed by atoms with E-state index < -0.39 is 6.10 Å². The first-order chi connectivity index (χ1) is 8.99. The van der Waals surface area contributed by atoms with Crippen LogP contribution >= 0.6 is 0 Å². The fourth-order valence-corrected chi connectivity index (χ4v) is 2.37. The number of phenols is 1. The van der Waals surface area contributed by atoms with Gasteiger partial charge in [-0.3, -0.25) is 0 Å². The first-order valence-corrected chi connectivity index (χ1v) is 7.26. The lowest BCUT2D eigenvalue weighted by atomic mass is 10.1. The summed E-state index contributed by atoms with van der Waals surface area (Å²) in [5, 5.41) is 19.6. The van der Waals surface area contributed by atoms with Gasteiger partial charge in [-0.1, -0.05) is 19.9 Å². The first-order valence-electron chi connectivity index (χ1n) is 7.26. The predicted molar refractivity (Wildman–Crippen MR) is 78.6 cm³/mol. The van der Waals surface area contributed by atoms with Gasteiger partial charge in [-0.25, -0.2) is 0 Å². The first kappa shape index (κ1) is 14.2. The molecule has 19 heavy (non-hydrogen) atoms. The summed E-state index contributed by atoms with van der Waals surface area (Å²) in [4.78, 5) is 2.39. The second-order valence-corrected chi connectivity index (χ2v) is 6.03. The molecule has 2 N–H and O–H groups in total. The van der Waals surface area contributed by atoms with Gasteiger partial charge < -0.3 is 15.1 Å². The molecule has 1 aromatic rings. The van der Waals surface area contributed by atoms with Crippen molar-refractivity contribution in [3.8, 4) is 5.75 Å². The highest BCUT2D eigenvalue weighted by molar-refractivity contribution is 5.55. The largest absolute Gasteiger partial charge is 0.507 e. The van der Waals surface area contributed by atoms with Crippen LogP contribution in [-0.2, 0) is 0 Å². The average molecular weight is 263 g/mol. The fraction of sp³-hybridized carbons (Fsp3) is 0.625. The van der Waals surface area contributed by atoms with Crippen molar-refractivity contribution in [1.82, 2.24) is 0 Å². The lowest BCUT2D eigenvalue weighted by Crippen LogP contribution is -2.27. The molecule has 0 bridgehead atoms. The van der Waals surface area contributed by atoms with Crippen LogP contribution in [0.3, 0.4) is 0 Å². The molecule has 1 fully saturated rings. The number of benzene rings is 1. The van der Waals surface area contributed by atoms with Gasteiger partial charge in [0.05, 0.1) is 6.10 Å². The Morgan fingerprint density at radius 2 is 1.95 bits per heavy atom. The van der Waals surface area contributed by atoms with Crippen LogP contribution in [0.4, 0.5) is 5.69 Å². The lowest BCUT2D eigenvalue weighted by molar-refractivity contribution is 0.195. The molecular formula is C16H25NO2. The molecule has 0 amide bonds. The third-order valence-corrected chi connectivity index (χ3v) is 3.73. The summed E-state index contributed by atoms with van der Waals surface area (Å²) in [6.45, 7) is 7.18. The molecule has 1 aliphatic carbocycles. The Morgan fingerprint density at radius 3 is 2.42 bits per heavy atom. The number of hydrogen-bond donors (Lipinski definition) is 2. The Kier molecular flexibility index (Phi) is 4.35. The predicted octanol–water partition coefficient (Wildman–Crippen LogP) is 3.46. The van der Waals surface area contributed by atoms with Crippen molar-refractivity contribution in [1.29, 1.82) is 0 Å². The molecule has 106 valence electrons. The minimum absolute atomic E-state index is 0.197. The molecule has 0 radical (unpaired) electrons. The molecule has 0 heterocycles. The number of aromatic hydroxyl groups is 1. The molecule has 1 atom stereocenters. The number of aliphatic hydroxyl groups is 1. The zero-order valence-electron chi connectivity index (χ0n) is 12.1.